The van der Waals surface area contributed by atoms with Gasteiger partial charge < -0.3 is 14.6 Å². The van der Waals surface area contributed by atoms with Crippen LogP contribution in [0.15, 0.2) is 0 Å². The van der Waals surface area contributed by atoms with Crippen molar-refractivity contribution >= 4 is 6.16 Å². The molecule has 0 aromatic rings. The minimum Gasteiger partial charge on any atom is -0.438 e. The summed E-state index contributed by atoms with van der Waals surface area (Å²) in [6.45, 7) is 0. The fourth-order valence-corrected chi connectivity index (χ4v) is 4.47. The van der Waals surface area contributed by atoms with Crippen LogP contribution in [0.5, 0.6) is 0 Å². The first kappa shape index (κ1) is 10.4. The summed E-state index contributed by atoms with van der Waals surface area (Å²) in [7, 11) is 1.33. The molecular weight excluding hydrogens is 208 g/mol. The van der Waals surface area contributed by atoms with Crippen LogP contribution in [0.3, 0.4) is 0 Å². The highest BCUT2D eigenvalue weighted by Crippen LogP contribution is 2.58. The van der Waals surface area contributed by atoms with Gasteiger partial charge in [0.05, 0.1) is 12.7 Å². The predicted molar refractivity (Wildman–Crippen MR) is 55.9 cm³/mol. The molecule has 0 aromatic heterocycles. The number of rotatable bonds is 1. The van der Waals surface area contributed by atoms with Crippen LogP contribution >= 0.6 is 0 Å². The molecule has 2 atom stereocenters. The van der Waals surface area contributed by atoms with Crippen LogP contribution in [0.25, 0.3) is 0 Å². The molecule has 4 bridgehead atoms. The predicted octanol–water partition coefficient (Wildman–Crippen LogP) is 1.85. The van der Waals surface area contributed by atoms with Gasteiger partial charge in [-0.1, -0.05) is 0 Å². The summed E-state index contributed by atoms with van der Waals surface area (Å²) in [5, 5.41) is 10.4. The Hall–Kier alpha value is -0.770. The van der Waals surface area contributed by atoms with Gasteiger partial charge in [-0.25, -0.2) is 4.79 Å². The van der Waals surface area contributed by atoms with Gasteiger partial charge in [-0.2, -0.15) is 0 Å². The zero-order chi connectivity index (χ0) is 11.4. The van der Waals surface area contributed by atoms with Crippen LogP contribution in [0.4, 0.5) is 4.79 Å². The van der Waals surface area contributed by atoms with E-state index in [1.165, 1.54) is 13.5 Å². The van der Waals surface area contributed by atoms with E-state index in [1.807, 2.05) is 0 Å². The van der Waals surface area contributed by atoms with Gasteiger partial charge in [-0.15, -0.1) is 0 Å². The van der Waals surface area contributed by atoms with Crippen molar-refractivity contribution in [1.29, 1.82) is 0 Å². The Morgan fingerprint density at radius 2 is 1.88 bits per heavy atom. The third kappa shape index (κ3) is 1.51. The summed E-state index contributed by atoms with van der Waals surface area (Å²) in [5.74, 6) is 1.05. The molecule has 2 unspecified atom stereocenters. The van der Waals surface area contributed by atoms with Crippen molar-refractivity contribution in [2.75, 3.05) is 7.11 Å². The Labute approximate surface area is 94.9 Å². The van der Waals surface area contributed by atoms with E-state index in [4.69, 9.17) is 4.74 Å². The van der Waals surface area contributed by atoms with E-state index >= 15 is 0 Å². The lowest BCUT2D eigenvalue weighted by molar-refractivity contribution is -0.204. The largest absolute Gasteiger partial charge is 0.508 e. The van der Waals surface area contributed by atoms with Crippen molar-refractivity contribution in [3.8, 4) is 0 Å². The first-order valence-electron chi connectivity index (χ1n) is 6.02. The standard InChI is InChI=1S/C12H18O4/c1-15-10(13)16-12-5-8-2-9(6-12)4-11(14,3-8)7-12/h8-9,14H,2-7H2,1H3. The molecule has 0 aliphatic heterocycles. The smallest absolute Gasteiger partial charge is 0.438 e. The summed E-state index contributed by atoms with van der Waals surface area (Å²) in [5.41, 5.74) is -1.02. The second kappa shape index (κ2) is 3.13. The van der Waals surface area contributed by atoms with Crippen LogP contribution < -0.4 is 0 Å². The van der Waals surface area contributed by atoms with Crippen LogP contribution in [-0.4, -0.2) is 29.6 Å². The number of methoxy groups -OCH3 is 1. The topological polar surface area (TPSA) is 55.8 Å². The second-order valence-electron chi connectivity index (χ2n) is 5.92. The molecule has 4 saturated carbocycles. The molecule has 0 saturated heterocycles. The fraction of sp³-hybridized carbons (Fsp3) is 0.917. The van der Waals surface area contributed by atoms with Gasteiger partial charge in [0, 0.05) is 6.42 Å². The molecule has 16 heavy (non-hydrogen) atoms. The van der Waals surface area contributed by atoms with Crippen LogP contribution in [-0.2, 0) is 9.47 Å². The average molecular weight is 226 g/mol. The third-order valence-electron chi connectivity index (χ3n) is 4.44. The molecule has 4 nitrogen and oxygen atoms in total. The second-order valence-corrected chi connectivity index (χ2v) is 5.92. The van der Waals surface area contributed by atoms with E-state index in [0.29, 0.717) is 18.3 Å². The molecule has 0 amide bonds. The fourth-order valence-electron chi connectivity index (χ4n) is 4.47. The molecule has 1 N–H and O–H groups in total. The summed E-state index contributed by atoms with van der Waals surface area (Å²) < 4.78 is 10.0. The van der Waals surface area contributed by atoms with E-state index in [9.17, 15) is 9.90 Å². The molecule has 0 heterocycles. The SMILES string of the molecule is COC(=O)OC12CC3CC(CC(O)(C3)C1)C2. The zero-order valence-corrected chi connectivity index (χ0v) is 9.57. The maximum atomic E-state index is 11.3. The summed E-state index contributed by atoms with van der Waals surface area (Å²) in [4.78, 5) is 11.3. The van der Waals surface area contributed by atoms with Crippen molar-refractivity contribution in [1.82, 2.24) is 0 Å². The summed E-state index contributed by atoms with van der Waals surface area (Å²) >= 11 is 0. The molecule has 0 radical (unpaired) electrons. The van der Waals surface area contributed by atoms with Gasteiger partial charge in [0.15, 0.2) is 0 Å². The Morgan fingerprint density at radius 1 is 1.25 bits per heavy atom. The lowest BCUT2D eigenvalue weighted by Gasteiger charge is -2.58. The number of carbonyl (C=O) groups excluding carboxylic acids is 1. The molecule has 4 heteroatoms. The van der Waals surface area contributed by atoms with E-state index < -0.39 is 17.4 Å². The lowest BCUT2D eigenvalue weighted by Crippen LogP contribution is -2.60. The Balaban J connectivity index is 1.83. The average Bonchev–Trinajstić information content (AvgIpc) is 2.12. The van der Waals surface area contributed by atoms with E-state index in [2.05, 4.69) is 4.74 Å². The van der Waals surface area contributed by atoms with Gasteiger partial charge in [0.2, 0.25) is 0 Å². The number of hydrogen-bond donors (Lipinski definition) is 1. The highest BCUT2D eigenvalue weighted by Gasteiger charge is 2.59. The molecule has 90 valence electrons. The van der Waals surface area contributed by atoms with Crippen LogP contribution in [0.2, 0.25) is 0 Å². The molecule has 0 spiro atoms. The number of aliphatic hydroxyl groups is 1. The van der Waals surface area contributed by atoms with E-state index in [1.54, 1.807) is 0 Å². The summed E-state index contributed by atoms with van der Waals surface area (Å²) in [6.07, 6.45) is 4.76. The van der Waals surface area contributed by atoms with Crippen LogP contribution in [0.1, 0.15) is 38.5 Å². The molecule has 4 aliphatic carbocycles. The molecule has 0 aromatic carbocycles. The Bertz CT molecular complexity index is 311. The van der Waals surface area contributed by atoms with Crippen molar-refractivity contribution in [3.63, 3.8) is 0 Å². The number of ether oxygens (including phenoxy) is 2. The molecular formula is C12H18O4. The van der Waals surface area contributed by atoms with Crippen molar-refractivity contribution in [3.05, 3.63) is 0 Å². The number of carbonyl (C=O) groups is 1. The van der Waals surface area contributed by atoms with Crippen molar-refractivity contribution < 1.29 is 19.4 Å². The maximum absolute atomic E-state index is 11.3. The minimum atomic E-state index is -0.606. The minimum absolute atomic E-state index is 0.439. The van der Waals surface area contributed by atoms with Gasteiger partial charge >= 0.3 is 6.16 Å². The third-order valence-corrected chi connectivity index (χ3v) is 4.44. The molecule has 4 rings (SSSR count). The van der Waals surface area contributed by atoms with Crippen LogP contribution in [0, 0.1) is 11.8 Å². The highest BCUT2D eigenvalue weighted by atomic mass is 16.7. The normalized spacial score (nSPS) is 49.1. The van der Waals surface area contributed by atoms with Crippen molar-refractivity contribution in [2.45, 2.75) is 49.7 Å². The first-order chi connectivity index (χ1) is 7.53. The lowest BCUT2D eigenvalue weighted by atomic mass is 9.52. The Kier molecular flexibility index (Phi) is 2.03. The quantitative estimate of drug-likeness (QED) is 0.693. The van der Waals surface area contributed by atoms with Gasteiger partial charge in [0.25, 0.3) is 0 Å². The monoisotopic (exact) mass is 226 g/mol. The Morgan fingerprint density at radius 3 is 2.38 bits per heavy atom. The zero-order valence-electron chi connectivity index (χ0n) is 9.57. The first-order valence-corrected chi connectivity index (χ1v) is 6.02. The van der Waals surface area contributed by atoms with Gasteiger partial charge in [-0.3, -0.25) is 0 Å². The summed E-state index contributed by atoms with van der Waals surface area (Å²) in [6, 6.07) is 0. The maximum Gasteiger partial charge on any atom is 0.508 e. The van der Waals surface area contributed by atoms with Gasteiger partial charge in [-0.05, 0) is 43.9 Å². The highest BCUT2D eigenvalue weighted by molar-refractivity contribution is 5.60. The van der Waals surface area contributed by atoms with E-state index in [-0.39, 0.29) is 0 Å². The van der Waals surface area contributed by atoms with E-state index in [0.717, 1.165) is 25.7 Å². The molecule has 4 aliphatic rings. The molecule has 4 fully saturated rings. The van der Waals surface area contributed by atoms with Crippen molar-refractivity contribution in [2.24, 2.45) is 11.8 Å². The van der Waals surface area contributed by atoms with Gasteiger partial charge in [0.1, 0.15) is 5.60 Å². The number of hydrogen-bond acceptors (Lipinski definition) is 4.